The SMILES string of the molecule is CCCN(CC(=O)Nc1ccccc1OC)CC(=O)N1CCc2sccc2C1CC. The number of anilines is 1. The maximum Gasteiger partial charge on any atom is 0.238 e. The van der Waals surface area contributed by atoms with Crippen LogP contribution in [-0.4, -0.2) is 54.9 Å². The van der Waals surface area contributed by atoms with Crippen molar-refractivity contribution < 1.29 is 14.3 Å². The molecule has 30 heavy (non-hydrogen) atoms. The topological polar surface area (TPSA) is 61.9 Å². The van der Waals surface area contributed by atoms with Gasteiger partial charge in [-0.1, -0.05) is 26.0 Å². The second kappa shape index (κ2) is 10.6. The highest BCUT2D eigenvalue weighted by atomic mass is 32.1. The molecule has 0 aliphatic carbocycles. The van der Waals surface area contributed by atoms with E-state index in [1.807, 2.05) is 34.1 Å². The van der Waals surface area contributed by atoms with Gasteiger partial charge in [-0.05, 0) is 54.9 Å². The first-order valence-electron chi connectivity index (χ1n) is 10.6. The van der Waals surface area contributed by atoms with Crippen LogP contribution in [0.5, 0.6) is 5.75 Å². The van der Waals surface area contributed by atoms with Crippen molar-refractivity contribution in [1.29, 1.82) is 0 Å². The number of nitrogens with one attached hydrogen (secondary N) is 1. The third-order valence-electron chi connectivity index (χ3n) is 5.45. The lowest BCUT2D eigenvalue weighted by Gasteiger charge is -2.36. The van der Waals surface area contributed by atoms with Gasteiger partial charge in [-0.2, -0.15) is 0 Å². The number of amides is 2. The summed E-state index contributed by atoms with van der Waals surface area (Å²) in [5, 5.41) is 5.02. The smallest absolute Gasteiger partial charge is 0.238 e. The van der Waals surface area contributed by atoms with Crippen molar-refractivity contribution in [2.24, 2.45) is 0 Å². The molecule has 1 aliphatic rings. The van der Waals surface area contributed by atoms with Gasteiger partial charge in [-0.3, -0.25) is 14.5 Å². The van der Waals surface area contributed by atoms with Crippen molar-refractivity contribution in [3.05, 3.63) is 46.2 Å². The normalized spacial score (nSPS) is 15.7. The molecule has 0 radical (unpaired) electrons. The number of rotatable bonds is 9. The first kappa shape index (κ1) is 22.3. The van der Waals surface area contributed by atoms with Crippen molar-refractivity contribution in [2.45, 2.75) is 39.2 Å². The van der Waals surface area contributed by atoms with E-state index in [0.717, 1.165) is 25.8 Å². The molecule has 7 heteroatoms. The van der Waals surface area contributed by atoms with Gasteiger partial charge < -0.3 is 15.0 Å². The summed E-state index contributed by atoms with van der Waals surface area (Å²) in [5.41, 5.74) is 1.93. The highest BCUT2D eigenvalue weighted by molar-refractivity contribution is 7.10. The summed E-state index contributed by atoms with van der Waals surface area (Å²) < 4.78 is 5.30. The van der Waals surface area contributed by atoms with Gasteiger partial charge in [0.25, 0.3) is 0 Å². The van der Waals surface area contributed by atoms with E-state index in [-0.39, 0.29) is 30.9 Å². The molecule has 0 saturated heterocycles. The minimum atomic E-state index is -0.147. The highest BCUT2D eigenvalue weighted by Gasteiger charge is 2.31. The van der Waals surface area contributed by atoms with Crippen LogP contribution in [0.3, 0.4) is 0 Å². The molecule has 1 unspecified atom stereocenters. The predicted molar refractivity (Wildman–Crippen MR) is 121 cm³/mol. The van der Waals surface area contributed by atoms with Crippen molar-refractivity contribution >= 4 is 28.8 Å². The number of carbonyl (C=O) groups excluding carboxylic acids is 2. The number of hydrogen-bond donors (Lipinski definition) is 1. The van der Waals surface area contributed by atoms with E-state index in [2.05, 4.69) is 30.6 Å². The van der Waals surface area contributed by atoms with E-state index in [9.17, 15) is 9.59 Å². The fourth-order valence-corrected chi connectivity index (χ4v) is 5.02. The molecular weight excluding hydrogens is 398 g/mol. The molecular formula is C23H31N3O3S. The lowest BCUT2D eigenvalue weighted by atomic mass is 9.97. The van der Waals surface area contributed by atoms with Crippen LogP contribution in [-0.2, 0) is 16.0 Å². The van der Waals surface area contributed by atoms with E-state index in [4.69, 9.17) is 4.74 Å². The average Bonchev–Trinajstić information content (AvgIpc) is 3.22. The van der Waals surface area contributed by atoms with Crippen LogP contribution in [0.15, 0.2) is 35.7 Å². The third kappa shape index (κ3) is 5.21. The highest BCUT2D eigenvalue weighted by Crippen LogP contribution is 2.35. The minimum Gasteiger partial charge on any atom is -0.495 e. The summed E-state index contributed by atoms with van der Waals surface area (Å²) in [6.07, 6.45) is 2.69. The molecule has 1 aromatic heterocycles. The molecule has 2 heterocycles. The second-order valence-corrected chi connectivity index (χ2v) is 8.52. The molecule has 0 saturated carbocycles. The minimum absolute atomic E-state index is 0.0947. The second-order valence-electron chi connectivity index (χ2n) is 7.52. The lowest BCUT2D eigenvalue weighted by molar-refractivity contribution is -0.135. The summed E-state index contributed by atoms with van der Waals surface area (Å²) in [4.78, 5) is 31.1. The monoisotopic (exact) mass is 429 g/mol. The zero-order chi connectivity index (χ0) is 21.5. The Hall–Kier alpha value is -2.38. The van der Waals surface area contributed by atoms with E-state index in [0.29, 0.717) is 18.0 Å². The lowest BCUT2D eigenvalue weighted by Crippen LogP contribution is -2.46. The van der Waals surface area contributed by atoms with E-state index < -0.39 is 0 Å². The van der Waals surface area contributed by atoms with Gasteiger partial charge in [0.1, 0.15) is 5.75 Å². The van der Waals surface area contributed by atoms with Crippen LogP contribution in [0.1, 0.15) is 43.2 Å². The summed E-state index contributed by atoms with van der Waals surface area (Å²) in [5.74, 6) is 0.568. The van der Waals surface area contributed by atoms with Crippen molar-refractivity contribution in [2.75, 3.05) is 38.6 Å². The molecule has 1 aliphatic heterocycles. The zero-order valence-corrected chi connectivity index (χ0v) is 18.8. The summed E-state index contributed by atoms with van der Waals surface area (Å²) in [6.45, 7) is 6.05. The number of fused-ring (bicyclic) bond motifs is 1. The zero-order valence-electron chi connectivity index (χ0n) is 18.0. The number of hydrogen-bond acceptors (Lipinski definition) is 5. The Bertz CT molecular complexity index is 867. The van der Waals surface area contributed by atoms with Gasteiger partial charge >= 0.3 is 0 Å². The summed E-state index contributed by atoms with van der Waals surface area (Å²) >= 11 is 1.78. The first-order chi connectivity index (χ1) is 14.6. The van der Waals surface area contributed by atoms with Gasteiger partial charge in [0.05, 0.1) is 31.9 Å². The Labute approximate surface area is 182 Å². The standard InChI is InChI=1S/C23H31N3O3S/c1-4-12-25(15-22(27)24-18-8-6-7-9-20(18)29-3)16-23(28)26-13-10-21-17(11-14-30-21)19(26)5-2/h6-9,11,14,19H,4-5,10,12-13,15-16H2,1-3H3,(H,24,27). The molecule has 1 N–H and O–H groups in total. The molecule has 0 bridgehead atoms. The molecule has 1 atom stereocenters. The molecule has 1 aromatic carbocycles. The Morgan fingerprint density at radius 3 is 2.77 bits per heavy atom. The Kier molecular flexibility index (Phi) is 7.87. The van der Waals surface area contributed by atoms with E-state index in [1.54, 1.807) is 18.4 Å². The average molecular weight is 430 g/mol. The van der Waals surface area contributed by atoms with E-state index in [1.165, 1.54) is 10.4 Å². The number of nitrogens with zero attached hydrogens (tertiary/aromatic N) is 2. The van der Waals surface area contributed by atoms with Crippen LogP contribution >= 0.6 is 11.3 Å². The number of carbonyl (C=O) groups is 2. The Balaban J connectivity index is 1.63. The van der Waals surface area contributed by atoms with Crippen LogP contribution < -0.4 is 10.1 Å². The predicted octanol–water partition coefficient (Wildman–Crippen LogP) is 3.94. The third-order valence-corrected chi connectivity index (χ3v) is 6.45. The number of methoxy groups -OCH3 is 1. The van der Waals surface area contributed by atoms with Gasteiger partial charge in [0.15, 0.2) is 0 Å². The van der Waals surface area contributed by atoms with Gasteiger partial charge in [-0.15, -0.1) is 11.3 Å². The summed E-state index contributed by atoms with van der Waals surface area (Å²) in [6, 6.07) is 9.62. The van der Waals surface area contributed by atoms with Crippen LogP contribution in [0.2, 0.25) is 0 Å². The molecule has 2 amide bonds. The molecule has 0 fully saturated rings. The number of ether oxygens (including phenoxy) is 1. The first-order valence-corrected chi connectivity index (χ1v) is 11.5. The van der Waals surface area contributed by atoms with Crippen molar-refractivity contribution in [1.82, 2.24) is 9.80 Å². The maximum atomic E-state index is 13.2. The largest absolute Gasteiger partial charge is 0.495 e. The van der Waals surface area contributed by atoms with Crippen molar-refractivity contribution in [3.8, 4) is 5.75 Å². The number of benzene rings is 1. The Morgan fingerprint density at radius 1 is 1.23 bits per heavy atom. The molecule has 2 aromatic rings. The van der Waals surface area contributed by atoms with Gasteiger partial charge in [0.2, 0.25) is 11.8 Å². The quantitative estimate of drug-likeness (QED) is 0.656. The van der Waals surface area contributed by atoms with Crippen LogP contribution in [0.25, 0.3) is 0 Å². The Morgan fingerprint density at radius 2 is 2.03 bits per heavy atom. The molecule has 6 nitrogen and oxygen atoms in total. The summed E-state index contributed by atoms with van der Waals surface area (Å²) in [7, 11) is 1.58. The van der Waals surface area contributed by atoms with Gasteiger partial charge in [0, 0.05) is 11.4 Å². The van der Waals surface area contributed by atoms with E-state index >= 15 is 0 Å². The fraction of sp³-hybridized carbons (Fsp3) is 0.478. The van der Waals surface area contributed by atoms with Crippen LogP contribution in [0, 0.1) is 0 Å². The van der Waals surface area contributed by atoms with Crippen LogP contribution in [0.4, 0.5) is 5.69 Å². The number of para-hydroxylation sites is 2. The molecule has 162 valence electrons. The number of thiophene rings is 1. The molecule has 0 spiro atoms. The fourth-order valence-electron chi connectivity index (χ4n) is 4.09. The van der Waals surface area contributed by atoms with Crippen molar-refractivity contribution in [3.63, 3.8) is 0 Å². The maximum absolute atomic E-state index is 13.2. The van der Waals surface area contributed by atoms with Gasteiger partial charge in [-0.25, -0.2) is 0 Å². The molecule has 3 rings (SSSR count).